The van der Waals surface area contributed by atoms with Gasteiger partial charge in [-0.3, -0.25) is 4.79 Å². The molecule has 5 heteroatoms. The predicted octanol–water partition coefficient (Wildman–Crippen LogP) is 1.19. The molecule has 0 spiro atoms. The molecule has 2 rings (SSSR count). The molecule has 0 heterocycles. The van der Waals surface area contributed by atoms with Gasteiger partial charge in [-0.15, -0.1) is 0 Å². The molecule has 17 heavy (non-hydrogen) atoms. The first kappa shape index (κ1) is 12.2. The summed E-state index contributed by atoms with van der Waals surface area (Å²) in [5.41, 5.74) is 0. The number of carboxylic acids is 1. The van der Waals surface area contributed by atoms with Gasteiger partial charge >= 0.3 is 12.0 Å². The van der Waals surface area contributed by atoms with Gasteiger partial charge in [0.05, 0.1) is 5.92 Å². The SMILES string of the molecule is CC1CC1CNC(=O)NC1CCC(C(=O)O)C1. The second-order valence-corrected chi connectivity index (χ2v) is 5.37. The van der Waals surface area contributed by atoms with E-state index in [0.717, 1.165) is 18.9 Å². The van der Waals surface area contributed by atoms with E-state index >= 15 is 0 Å². The van der Waals surface area contributed by atoms with Crippen LogP contribution in [0, 0.1) is 17.8 Å². The summed E-state index contributed by atoms with van der Waals surface area (Å²) in [6.07, 6.45) is 3.19. The molecule has 96 valence electrons. The van der Waals surface area contributed by atoms with Gasteiger partial charge in [-0.05, 0) is 37.5 Å². The lowest BCUT2D eigenvalue weighted by atomic mass is 10.1. The predicted molar refractivity (Wildman–Crippen MR) is 62.6 cm³/mol. The van der Waals surface area contributed by atoms with Crippen molar-refractivity contribution in [3.63, 3.8) is 0 Å². The minimum atomic E-state index is -0.749. The number of urea groups is 1. The zero-order valence-corrected chi connectivity index (χ0v) is 10.1. The fraction of sp³-hybridized carbons (Fsp3) is 0.833. The smallest absolute Gasteiger partial charge is 0.315 e. The molecule has 0 radical (unpaired) electrons. The molecule has 2 amide bonds. The Labute approximate surface area is 101 Å². The van der Waals surface area contributed by atoms with E-state index in [4.69, 9.17) is 5.11 Å². The molecule has 2 fully saturated rings. The number of hydrogen-bond acceptors (Lipinski definition) is 2. The van der Waals surface area contributed by atoms with Gasteiger partial charge in [-0.2, -0.15) is 0 Å². The lowest BCUT2D eigenvalue weighted by molar-refractivity contribution is -0.141. The maximum absolute atomic E-state index is 11.5. The van der Waals surface area contributed by atoms with Crippen molar-refractivity contribution in [1.29, 1.82) is 0 Å². The molecule has 0 aromatic carbocycles. The largest absolute Gasteiger partial charge is 0.481 e. The van der Waals surface area contributed by atoms with Crippen molar-refractivity contribution >= 4 is 12.0 Å². The van der Waals surface area contributed by atoms with Crippen molar-refractivity contribution in [2.24, 2.45) is 17.8 Å². The molecule has 0 bridgehead atoms. The van der Waals surface area contributed by atoms with Crippen LogP contribution >= 0.6 is 0 Å². The van der Waals surface area contributed by atoms with E-state index in [1.54, 1.807) is 0 Å². The Morgan fingerprint density at radius 3 is 2.53 bits per heavy atom. The third-order valence-electron chi connectivity index (χ3n) is 3.92. The van der Waals surface area contributed by atoms with Gasteiger partial charge in [0.2, 0.25) is 0 Å². The second-order valence-electron chi connectivity index (χ2n) is 5.37. The Hall–Kier alpha value is -1.26. The molecule has 2 aliphatic carbocycles. The molecule has 4 atom stereocenters. The van der Waals surface area contributed by atoms with Gasteiger partial charge in [0.15, 0.2) is 0 Å². The summed E-state index contributed by atoms with van der Waals surface area (Å²) in [6.45, 7) is 2.92. The van der Waals surface area contributed by atoms with Crippen molar-refractivity contribution in [3.8, 4) is 0 Å². The molecule has 2 aliphatic rings. The molecular formula is C12H20N2O3. The first-order chi connectivity index (χ1) is 8.06. The minimum Gasteiger partial charge on any atom is -0.481 e. The fourth-order valence-electron chi connectivity index (χ4n) is 2.48. The average molecular weight is 240 g/mol. The monoisotopic (exact) mass is 240 g/mol. The third kappa shape index (κ3) is 3.35. The quantitative estimate of drug-likeness (QED) is 0.690. The average Bonchev–Trinajstić information content (AvgIpc) is 2.77. The van der Waals surface area contributed by atoms with Crippen LogP contribution in [-0.4, -0.2) is 29.7 Å². The van der Waals surface area contributed by atoms with Crippen molar-refractivity contribution in [3.05, 3.63) is 0 Å². The van der Waals surface area contributed by atoms with Crippen LogP contribution in [0.3, 0.4) is 0 Å². The van der Waals surface area contributed by atoms with Gasteiger partial charge in [0, 0.05) is 12.6 Å². The molecular weight excluding hydrogens is 220 g/mol. The summed E-state index contributed by atoms with van der Waals surface area (Å²) in [5, 5.41) is 14.5. The summed E-state index contributed by atoms with van der Waals surface area (Å²) >= 11 is 0. The minimum absolute atomic E-state index is 0.0210. The standard InChI is InChI=1S/C12H20N2O3/c1-7-4-9(7)6-13-12(17)14-10-3-2-8(5-10)11(15)16/h7-10H,2-6H2,1H3,(H,15,16)(H2,13,14,17). The zero-order valence-electron chi connectivity index (χ0n) is 10.1. The first-order valence-electron chi connectivity index (χ1n) is 6.33. The topological polar surface area (TPSA) is 78.4 Å². The highest BCUT2D eigenvalue weighted by atomic mass is 16.4. The Bertz CT molecular complexity index is 319. The van der Waals surface area contributed by atoms with Crippen molar-refractivity contribution in [2.75, 3.05) is 6.54 Å². The van der Waals surface area contributed by atoms with Crippen LogP contribution in [0.5, 0.6) is 0 Å². The van der Waals surface area contributed by atoms with Crippen LogP contribution < -0.4 is 10.6 Å². The van der Waals surface area contributed by atoms with Crippen LogP contribution in [0.4, 0.5) is 4.79 Å². The highest BCUT2D eigenvalue weighted by Crippen LogP contribution is 2.36. The molecule has 0 aromatic heterocycles. The Balaban J connectivity index is 1.64. The first-order valence-corrected chi connectivity index (χ1v) is 6.33. The van der Waals surface area contributed by atoms with Crippen molar-refractivity contribution < 1.29 is 14.7 Å². The van der Waals surface area contributed by atoms with Crippen LogP contribution in [0.2, 0.25) is 0 Å². The number of carbonyl (C=O) groups excluding carboxylic acids is 1. The van der Waals surface area contributed by atoms with E-state index < -0.39 is 5.97 Å². The molecule has 0 saturated heterocycles. The van der Waals surface area contributed by atoms with E-state index in [1.165, 1.54) is 6.42 Å². The Kier molecular flexibility index (Phi) is 3.54. The number of carbonyl (C=O) groups is 2. The maximum Gasteiger partial charge on any atom is 0.315 e. The normalized spacial score (nSPS) is 35.4. The van der Waals surface area contributed by atoms with E-state index in [9.17, 15) is 9.59 Å². The summed E-state index contributed by atoms with van der Waals surface area (Å²) in [7, 11) is 0. The summed E-state index contributed by atoms with van der Waals surface area (Å²) in [4.78, 5) is 22.3. The van der Waals surface area contributed by atoms with E-state index in [1.807, 2.05) is 0 Å². The number of rotatable bonds is 4. The molecule has 2 saturated carbocycles. The van der Waals surface area contributed by atoms with Crippen LogP contribution in [0.15, 0.2) is 0 Å². The van der Waals surface area contributed by atoms with Gasteiger partial charge in [-0.25, -0.2) is 4.79 Å². The summed E-state index contributed by atoms with van der Waals surface area (Å²) < 4.78 is 0. The number of hydrogen-bond donors (Lipinski definition) is 3. The van der Waals surface area contributed by atoms with Gasteiger partial charge < -0.3 is 15.7 Å². The van der Waals surface area contributed by atoms with Gasteiger partial charge in [0.25, 0.3) is 0 Å². The van der Waals surface area contributed by atoms with Gasteiger partial charge in [0.1, 0.15) is 0 Å². The van der Waals surface area contributed by atoms with Crippen LogP contribution in [0.1, 0.15) is 32.6 Å². The number of aliphatic carboxylic acids is 1. The molecule has 5 nitrogen and oxygen atoms in total. The molecule has 0 aromatic rings. The number of carboxylic acid groups (broad SMARTS) is 1. The van der Waals surface area contributed by atoms with Gasteiger partial charge in [-0.1, -0.05) is 6.92 Å². The van der Waals surface area contributed by atoms with E-state index in [0.29, 0.717) is 18.8 Å². The molecule has 3 N–H and O–H groups in total. The number of amides is 2. The highest BCUT2D eigenvalue weighted by Gasteiger charge is 2.33. The van der Waals surface area contributed by atoms with E-state index in [2.05, 4.69) is 17.6 Å². The lowest BCUT2D eigenvalue weighted by Crippen LogP contribution is -2.42. The lowest BCUT2D eigenvalue weighted by Gasteiger charge is -2.13. The third-order valence-corrected chi connectivity index (χ3v) is 3.92. The highest BCUT2D eigenvalue weighted by molar-refractivity contribution is 5.75. The van der Waals surface area contributed by atoms with Crippen LogP contribution in [0.25, 0.3) is 0 Å². The molecule has 0 aliphatic heterocycles. The Morgan fingerprint density at radius 1 is 1.29 bits per heavy atom. The molecule has 4 unspecified atom stereocenters. The maximum atomic E-state index is 11.5. The van der Waals surface area contributed by atoms with Crippen molar-refractivity contribution in [1.82, 2.24) is 10.6 Å². The van der Waals surface area contributed by atoms with E-state index in [-0.39, 0.29) is 18.0 Å². The fourth-order valence-corrected chi connectivity index (χ4v) is 2.48. The zero-order chi connectivity index (χ0) is 12.4. The summed E-state index contributed by atoms with van der Waals surface area (Å²) in [6, 6.07) is -0.132. The number of nitrogens with one attached hydrogen (secondary N) is 2. The van der Waals surface area contributed by atoms with Crippen LogP contribution in [-0.2, 0) is 4.79 Å². The second kappa shape index (κ2) is 4.94. The Morgan fingerprint density at radius 2 is 2.00 bits per heavy atom. The van der Waals surface area contributed by atoms with Crippen molar-refractivity contribution in [2.45, 2.75) is 38.6 Å². The summed E-state index contributed by atoms with van der Waals surface area (Å²) in [5.74, 6) is 0.333.